The van der Waals surface area contributed by atoms with Gasteiger partial charge >= 0.3 is 0 Å². The van der Waals surface area contributed by atoms with Gasteiger partial charge in [0.05, 0.1) is 19.3 Å². The molecular weight excluding hydrogens is 286 g/mol. The van der Waals surface area contributed by atoms with Crippen LogP contribution in [0, 0.1) is 12.8 Å². The van der Waals surface area contributed by atoms with E-state index >= 15 is 0 Å². The summed E-state index contributed by atoms with van der Waals surface area (Å²) in [6.45, 7) is 9.37. The zero-order valence-corrected chi connectivity index (χ0v) is 13.9. The number of thiazole rings is 1. The summed E-state index contributed by atoms with van der Waals surface area (Å²) >= 11 is 1.52. The van der Waals surface area contributed by atoms with Crippen LogP contribution in [0.25, 0.3) is 0 Å². The smallest absolute Gasteiger partial charge is 0.243 e. The molecule has 21 heavy (non-hydrogen) atoms. The number of anilines is 1. The van der Waals surface area contributed by atoms with Gasteiger partial charge in [-0.05, 0) is 12.8 Å². The number of rotatable bonds is 6. The monoisotopic (exact) mass is 311 g/mol. The average Bonchev–Trinajstić information content (AvgIpc) is 2.90. The van der Waals surface area contributed by atoms with Crippen LogP contribution in [0.15, 0.2) is 6.20 Å². The lowest BCUT2D eigenvalue weighted by Gasteiger charge is -2.37. The van der Waals surface area contributed by atoms with E-state index in [9.17, 15) is 4.79 Å². The molecule has 2 heterocycles. The Balaban J connectivity index is 2.10. The maximum atomic E-state index is 12.8. The maximum Gasteiger partial charge on any atom is 0.243 e. The minimum absolute atomic E-state index is 0.0694. The predicted molar refractivity (Wildman–Crippen MR) is 85.7 cm³/mol. The molecule has 0 spiro atoms. The van der Waals surface area contributed by atoms with Crippen LogP contribution in [0.2, 0.25) is 0 Å². The Morgan fingerprint density at radius 3 is 2.62 bits per heavy atom. The fourth-order valence-corrected chi connectivity index (χ4v) is 3.53. The second-order valence-corrected chi connectivity index (χ2v) is 6.67. The lowest BCUT2D eigenvalue weighted by molar-refractivity contribution is -0.125. The fraction of sp³-hybridized carbons (Fsp3) is 0.733. The molecule has 0 aromatic carbocycles. The highest BCUT2D eigenvalue weighted by Crippen LogP contribution is 2.23. The van der Waals surface area contributed by atoms with Crippen LogP contribution in [0.4, 0.5) is 5.13 Å². The SMILES string of the molecule is CCC(CC)[C@@H](C(=O)Nc1ncc(C)s1)N1CCOCC1. The predicted octanol–water partition coefficient (Wildman–Crippen LogP) is 2.53. The number of carbonyl (C=O) groups is 1. The van der Waals surface area contributed by atoms with E-state index in [1.54, 1.807) is 6.20 Å². The summed E-state index contributed by atoms with van der Waals surface area (Å²) in [7, 11) is 0. The van der Waals surface area contributed by atoms with E-state index in [-0.39, 0.29) is 11.9 Å². The molecule has 2 rings (SSSR count). The van der Waals surface area contributed by atoms with E-state index in [1.165, 1.54) is 11.3 Å². The van der Waals surface area contributed by atoms with Crippen molar-refractivity contribution in [2.45, 2.75) is 39.7 Å². The van der Waals surface area contributed by atoms with Crippen LogP contribution in [-0.4, -0.2) is 48.1 Å². The van der Waals surface area contributed by atoms with Gasteiger partial charge in [-0.2, -0.15) is 0 Å². The highest BCUT2D eigenvalue weighted by molar-refractivity contribution is 7.15. The van der Waals surface area contributed by atoms with E-state index in [2.05, 4.69) is 29.0 Å². The third-order valence-electron chi connectivity index (χ3n) is 4.05. The zero-order chi connectivity index (χ0) is 15.2. The van der Waals surface area contributed by atoms with Gasteiger partial charge in [0.1, 0.15) is 0 Å². The van der Waals surface area contributed by atoms with Crippen molar-refractivity contribution in [1.29, 1.82) is 0 Å². The molecule has 0 saturated carbocycles. The molecule has 118 valence electrons. The second-order valence-electron chi connectivity index (χ2n) is 5.44. The Bertz CT molecular complexity index is 454. The quantitative estimate of drug-likeness (QED) is 0.877. The third kappa shape index (κ3) is 4.25. The molecule has 1 N–H and O–H groups in total. The largest absolute Gasteiger partial charge is 0.379 e. The number of carbonyl (C=O) groups excluding carboxylic acids is 1. The molecular formula is C15H25N3O2S. The standard InChI is InChI=1S/C15H25N3O2S/c1-4-12(5-2)13(18-6-8-20-9-7-18)14(19)17-15-16-10-11(3)21-15/h10,12-13H,4-9H2,1-3H3,(H,16,17,19)/t13-/m0/s1. The van der Waals surface area contributed by atoms with E-state index in [1.807, 2.05) is 6.92 Å². The molecule has 1 aromatic rings. The Hall–Kier alpha value is -0.980. The second kappa shape index (κ2) is 7.87. The van der Waals surface area contributed by atoms with Gasteiger partial charge in [0, 0.05) is 24.2 Å². The molecule has 6 heteroatoms. The van der Waals surface area contributed by atoms with Gasteiger partial charge in [-0.1, -0.05) is 26.7 Å². The van der Waals surface area contributed by atoms with Crippen LogP contribution in [0.5, 0.6) is 0 Å². The molecule has 1 fully saturated rings. The highest BCUT2D eigenvalue weighted by atomic mass is 32.1. The topological polar surface area (TPSA) is 54.5 Å². The van der Waals surface area contributed by atoms with Crippen LogP contribution in [0.3, 0.4) is 0 Å². The van der Waals surface area contributed by atoms with Crippen molar-refractivity contribution in [3.05, 3.63) is 11.1 Å². The molecule has 1 saturated heterocycles. The number of hydrogen-bond acceptors (Lipinski definition) is 5. The molecule has 1 amide bonds. The zero-order valence-electron chi connectivity index (χ0n) is 13.1. The number of nitrogens with one attached hydrogen (secondary N) is 1. The lowest BCUT2D eigenvalue weighted by atomic mass is 9.92. The van der Waals surface area contributed by atoms with Crippen molar-refractivity contribution in [1.82, 2.24) is 9.88 Å². The van der Waals surface area contributed by atoms with Crippen molar-refractivity contribution in [3.8, 4) is 0 Å². The summed E-state index contributed by atoms with van der Waals surface area (Å²) in [4.78, 5) is 20.4. The first kappa shape index (κ1) is 16.4. The van der Waals surface area contributed by atoms with Gasteiger partial charge in [0.25, 0.3) is 0 Å². The van der Waals surface area contributed by atoms with Gasteiger partial charge in [0.15, 0.2) is 5.13 Å². The van der Waals surface area contributed by atoms with Crippen LogP contribution < -0.4 is 5.32 Å². The first-order valence-electron chi connectivity index (χ1n) is 7.70. The van der Waals surface area contributed by atoms with E-state index in [0.717, 1.165) is 30.8 Å². The Kier molecular flexibility index (Phi) is 6.14. The van der Waals surface area contributed by atoms with Gasteiger partial charge in [-0.3, -0.25) is 9.69 Å². The Morgan fingerprint density at radius 1 is 1.43 bits per heavy atom. The van der Waals surface area contributed by atoms with E-state index in [4.69, 9.17) is 4.74 Å². The molecule has 5 nitrogen and oxygen atoms in total. The number of nitrogens with zero attached hydrogens (tertiary/aromatic N) is 2. The summed E-state index contributed by atoms with van der Waals surface area (Å²) in [5.41, 5.74) is 0. The molecule has 0 unspecified atom stereocenters. The van der Waals surface area contributed by atoms with Crippen molar-refractivity contribution in [3.63, 3.8) is 0 Å². The Morgan fingerprint density at radius 2 is 2.10 bits per heavy atom. The summed E-state index contributed by atoms with van der Waals surface area (Å²) in [5.74, 6) is 0.434. The van der Waals surface area contributed by atoms with Gasteiger partial charge in [-0.15, -0.1) is 11.3 Å². The number of morpholine rings is 1. The average molecular weight is 311 g/mol. The summed E-state index contributed by atoms with van der Waals surface area (Å²) in [6, 6.07) is -0.0897. The minimum atomic E-state index is -0.0897. The molecule has 1 atom stereocenters. The number of aromatic nitrogens is 1. The number of aryl methyl sites for hydroxylation is 1. The number of amides is 1. The van der Waals surface area contributed by atoms with Crippen LogP contribution in [0.1, 0.15) is 31.6 Å². The molecule has 0 bridgehead atoms. The molecule has 1 aromatic heterocycles. The summed E-state index contributed by atoms with van der Waals surface area (Å²) in [5, 5.41) is 3.69. The van der Waals surface area contributed by atoms with Crippen LogP contribution in [-0.2, 0) is 9.53 Å². The van der Waals surface area contributed by atoms with Crippen molar-refractivity contribution < 1.29 is 9.53 Å². The van der Waals surface area contributed by atoms with E-state index < -0.39 is 0 Å². The number of hydrogen-bond donors (Lipinski definition) is 1. The lowest BCUT2D eigenvalue weighted by Crippen LogP contribution is -2.52. The molecule has 1 aliphatic heterocycles. The van der Waals surface area contributed by atoms with Gasteiger partial charge in [0.2, 0.25) is 5.91 Å². The molecule has 1 aliphatic rings. The van der Waals surface area contributed by atoms with Crippen molar-refractivity contribution in [2.24, 2.45) is 5.92 Å². The van der Waals surface area contributed by atoms with Crippen molar-refractivity contribution in [2.75, 3.05) is 31.6 Å². The normalized spacial score (nSPS) is 17.9. The fourth-order valence-electron chi connectivity index (χ4n) is 2.86. The highest BCUT2D eigenvalue weighted by Gasteiger charge is 2.33. The van der Waals surface area contributed by atoms with E-state index in [0.29, 0.717) is 24.3 Å². The summed E-state index contributed by atoms with van der Waals surface area (Å²) in [6.07, 6.45) is 3.80. The third-order valence-corrected chi connectivity index (χ3v) is 4.88. The molecule has 0 radical (unpaired) electrons. The maximum absolute atomic E-state index is 12.8. The van der Waals surface area contributed by atoms with Crippen LogP contribution >= 0.6 is 11.3 Å². The van der Waals surface area contributed by atoms with Gasteiger partial charge < -0.3 is 10.1 Å². The molecule has 0 aliphatic carbocycles. The summed E-state index contributed by atoms with van der Waals surface area (Å²) < 4.78 is 5.41. The Labute approximate surface area is 130 Å². The van der Waals surface area contributed by atoms with Crippen molar-refractivity contribution >= 4 is 22.4 Å². The minimum Gasteiger partial charge on any atom is -0.379 e. The first-order valence-corrected chi connectivity index (χ1v) is 8.52. The van der Waals surface area contributed by atoms with Gasteiger partial charge in [-0.25, -0.2) is 4.98 Å². The number of ether oxygens (including phenoxy) is 1. The first-order chi connectivity index (χ1) is 10.2.